The molecule has 162 valence electrons. The number of nitro groups is 1. The Balaban J connectivity index is 0.00000320. The third-order valence-corrected chi connectivity index (χ3v) is 8.35. The van der Waals surface area contributed by atoms with Gasteiger partial charge in [-0.25, -0.2) is 8.42 Å². The van der Waals surface area contributed by atoms with Crippen LogP contribution in [0.5, 0.6) is 5.75 Å². The summed E-state index contributed by atoms with van der Waals surface area (Å²) in [5.74, 6) is -0.328. The number of quaternary nitrogens is 1. The molecule has 0 radical (unpaired) electrons. The molecule has 13 heteroatoms. The first-order chi connectivity index (χ1) is 13.7. The van der Waals surface area contributed by atoms with Gasteiger partial charge in [-0.05, 0) is 29.7 Å². The molecule has 0 saturated carbocycles. The first kappa shape index (κ1) is 23.9. The van der Waals surface area contributed by atoms with Gasteiger partial charge in [0.25, 0.3) is 5.69 Å². The zero-order valence-electron chi connectivity index (χ0n) is 15.9. The van der Waals surface area contributed by atoms with Crippen LogP contribution in [0.1, 0.15) is 0 Å². The van der Waals surface area contributed by atoms with Crippen molar-refractivity contribution in [2.24, 2.45) is 0 Å². The van der Waals surface area contributed by atoms with Crippen LogP contribution in [0.3, 0.4) is 0 Å². The monoisotopic (exact) mass is 473 g/mol. The number of nitro benzene ring substituents is 1. The molecule has 1 aromatic heterocycles. The Morgan fingerprint density at radius 2 is 1.80 bits per heavy atom. The molecule has 0 fully saturated rings. The van der Waals surface area contributed by atoms with E-state index in [0.717, 1.165) is 22.2 Å². The van der Waals surface area contributed by atoms with Gasteiger partial charge in [-0.15, -0.1) is 11.3 Å². The molecular formula is C17H20N3O7PS2. The highest BCUT2D eigenvalue weighted by Gasteiger charge is 2.18. The second-order valence-electron chi connectivity index (χ2n) is 6.03. The number of fused-ring (bicyclic) bond motifs is 1. The summed E-state index contributed by atoms with van der Waals surface area (Å²) in [5.41, 5.74) is -0.192. The lowest BCUT2D eigenvalue weighted by Gasteiger charge is -2.24. The predicted molar refractivity (Wildman–Crippen MR) is 114 cm³/mol. The molecule has 0 bridgehead atoms. The van der Waals surface area contributed by atoms with Gasteiger partial charge in [-0.2, -0.15) is 0 Å². The Morgan fingerprint density at radius 1 is 1.13 bits per heavy atom. The molecule has 3 aromatic rings. The van der Waals surface area contributed by atoms with E-state index in [2.05, 4.69) is 5.32 Å². The van der Waals surface area contributed by atoms with E-state index in [-0.39, 0.29) is 34.1 Å². The third-order valence-electron chi connectivity index (χ3n) is 3.85. The van der Waals surface area contributed by atoms with Gasteiger partial charge < -0.3 is 20.9 Å². The molecular weight excluding hydrogens is 453 g/mol. The molecule has 0 aliphatic heterocycles. The van der Waals surface area contributed by atoms with Crippen molar-refractivity contribution in [1.29, 1.82) is 0 Å². The van der Waals surface area contributed by atoms with Crippen molar-refractivity contribution in [2.45, 2.75) is 4.21 Å². The van der Waals surface area contributed by atoms with Crippen LogP contribution in [-0.2, 0) is 14.4 Å². The minimum atomic E-state index is -4.35. The van der Waals surface area contributed by atoms with Crippen molar-refractivity contribution in [2.75, 3.05) is 18.6 Å². The molecule has 1 unspecified atom stereocenters. The second kappa shape index (κ2) is 9.65. The largest absolute Gasteiger partial charge is 0.768 e. The van der Waals surface area contributed by atoms with Gasteiger partial charge in [0.05, 0.1) is 17.0 Å². The normalized spacial score (nSPS) is 13.4. The van der Waals surface area contributed by atoms with Crippen LogP contribution in [0.4, 0.5) is 5.69 Å². The summed E-state index contributed by atoms with van der Waals surface area (Å²) in [7, 11) is -7.91. The number of hydrogen-bond donors (Lipinski definition) is 2. The van der Waals surface area contributed by atoms with Gasteiger partial charge in [0.2, 0.25) is 0 Å². The molecule has 0 amide bonds. The van der Waals surface area contributed by atoms with E-state index < -0.39 is 28.6 Å². The highest BCUT2D eigenvalue weighted by molar-refractivity contribution is 7.93. The van der Waals surface area contributed by atoms with Crippen molar-refractivity contribution in [3.8, 4) is 5.75 Å². The fourth-order valence-electron chi connectivity index (χ4n) is 2.46. The number of nitrogens with zero attached hydrogens (tertiary/aromatic N) is 1. The molecule has 10 nitrogen and oxygen atoms in total. The number of benzene rings is 2. The highest BCUT2D eigenvalue weighted by Crippen LogP contribution is 2.37. The lowest BCUT2D eigenvalue weighted by molar-refractivity contribution is -0.384. The van der Waals surface area contributed by atoms with Crippen molar-refractivity contribution in [3.63, 3.8) is 0 Å². The van der Waals surface area contributed by atoms with Crippen LogP contribution >= 0.6 is 18.9 Å². The Labute approximate surface area is 176 Å². The fraction of sp³-hybridized carbons (Fsp3) is 0.176. The Morgan fingerprint density at radius 3 is 2.43 bits per heavy atom. The third kappa shape index (κ3) is 6.08. The number of non-ortho nitro benzene ring substituents is 1. The van der Waals surface area contributed by atoms with E-state index in [4.69, 9.17) is 4.52 Å². The molecule has 1 atom stereocenters. The van der Waals surface area contributed by atoms with Gasteiger partial charge in [0.15, 0.2) is 17.4 Å². The van der Waals surface area contributed by atoms with Crippen molar-refractivity contribution in [3.05, 3.63) is 64.7 Å². The molecule has 2 aromatic carbocycles. The topological polar surface area (TPSA) is 175 Å². The molecule has 0 saturated heterocycles. The molecule has 0 aliphatic carbocycles. The van der Waals surface area contributed by atoms with E-state index in [9.17, 15) is 28.0 Å². The summed E-state index contributed by atoms with van der Waals surface area (Å²) in [6.45, 7) is -0.0770. The molecule has 0 spiro atoms. The lowest BCUT2D eigenvalue weighted by Crippen LogP contribution is -2.27. The minimum absolute atomic E-state index is 0. The average Bonchev–Trinajstić information content (AvgIpc) is 3.11. The molecule has 1 heterocycles. The Bertz CT molecular complexity index is 1150. The summed E-state index contributed by atoms with van der Waals surface area (Å²) < 4.78 is 42.8. The first-order valence-electron chi connectivity index (χ1n) is 8.32. The summed E-state index contributed by atoms with van der Waals surface area (Å²) in [6.07, 6.45) is -0.577. The van der Waals surface area contributed by atoms with E-state index in [1.54, 1.807) is 6.07 Å². The van der Waals surface area contributed by atoms with Crippen LogP contribution in [0.25, 0.3) is 10.1 Å². The molecule has 5 N–H and O–H groups in total. The standard InChI is InChI=1S/C17H17N2O7PS2.H3N/c20-19(21)14-5-7-15(8-6-14)26-27(22,23)12-18-9-10-29(24,25)17-11-13-3-1-2-4-16(13)28-17;/h1-8,11,18H,9-10,12H2,(H,22,23);1H3. The lowest BCUT2D eigenvalue weighted by atomic mass is 10.3. The van der Waals surface area contributed by atoms with Crippen LogP contribution in [0.15, 0.2) is 58.8 Å². The maximum Gasteiger partial charge on any atom is 0.269 e. The summed E-state index contributed by atoms with van der Waals surface area (Å²) in [6, 6.07) is 13.5. The quantitative estimate of drug-likeness (QED) is 0.206. The van der Waals surface area contributed by atoms with Gasteiger partial charge in [0, 0.05) is 23.4 Å². The summed E-state index contributed by atoms with van der Waals surface area (Å²) in [4.78, 5) is 22.0. The number of sulfone groups is 1. The van der Waals surface area contributed by atoms with Gasteiger partial charge >= 0.3 is 0 Å². The van der Waals surface area contributed by atoms with E-state index in [0.29, 0.717) is 0 Å². The number of thiophene rings is 1. The number of hydrogen-bond acceptors (Lipinski definition) is 9. The van der Waals surface area contributed by atoms with Crippen molar-refractivity contribution in [1.82, 2.24) is 11.5 Å². The molecule has 3 rings (SSSR count). The Hall–Kier alpha value is -2.34. The first-order valence-corrected chi connectivity index (χ1v) is 12.5. The summed E-state index contributed by atoms with van der Waals surface area (Å²) >= 11 is 1.17. The predicted octanol–water partition coefficient (Wildman–Crippen LogP) is 3.14. The smallest absolute Gasteiger partial charge is 0.269 e. The van der Waals surface area contributed by atoms with Crippen LogP contribution in [0.2, 0.25) is 0 Å². The zero-order chi connectivity index (χ0) is 21.1. The van der Waals surface area contributed by atoms with E-state index >= 15 is 0 Å². The maximum atomic E-state index is 12.4. The zero-order valence-corrected chi connectivity index (χ0v) is 18.4. The van der Waals surface area contributed by atoms with E-state index in [1.165, 1.54) is 23.5 Å². The van der Waals surface area contributed by atoms with Crippen molar-refractivity contribution < 1.29 is 27.3 Å². The second-order valence-corrected chi connectivity index (χ2v) is 11.2. The van der Waals surface area contributed by atoms with E-state index in [1.807, 2.05) is 24.3 Å². The van der Waals surface area contributed by atoms with Crippen LogP contribution < -0.4 is 20.9 Å². The number of nitrogens with one attached hydrogen (secondary N) is 1. The molecule has 30 heavy (non-hydrogen) atoms. The SMILES string of the molecule is O=[N+]([O-])c1ccc(OP(=O)([O-])CNCCS(=O)(=O)c2cc3ccccc3s2)cc1.[NH4+]. The van der Waals surface area contributed by atoms with Crippen LogP contribution in [-0.4, -0.2) is 31.9 Å². The van der Waals surface area contributed by atoms with Gasteiger partial charge in [-0.1, -0.05) is 18.2 Å². The van der Waals surface area contributed by atoms with Crippen molar-refractivity contribution >= 4 is 44.5 Å². The highest BCUT2D eigenvalue weighted by atomic mass is 32.2. The fourth-order valence-corrected chi connectivity index (χ4v) is 6.14. The van der Waals surface area contributed by atoms with Crippen LogP contribution in [0, 0.1) is 10.1 Å². The average molecular weight is 473 g/mol. The minimum Gasteiger partial charge on any atom is -0.768 e. The van der Waals surface area contributed by atoms with Gasteiger partial charge in [-0.3, -0.25) is 14.7 Å². The maximum absolute atomic E-state index is 12.4. The summed E-state index contributed by atoms with van der Waals surface area (Å²) in [5, 5.41) is 14.0. The number of rotatable bonds is 9. The molecule has 0 aliphatic rings. The Kier molecular flexibility index (Phi) is 7.70. The van der Waals surface area contributed by atoms with Gasteiger partial charge in [0.1, 0.15) is 9.96 Å².